The summed E-state index contributed by atoms with van der Waals surface area (Å²) < 4.78 is 52.5. The lowest BCUT2D eigenvalue weighted by atomic mass is 9.86. The third-order valence-corrected chi connectivity index (χ3v) is 5.87. The lowest BCUT2D eigenvalue weighted by Crippen LogP contribution is -2.34. The zero-order valence-corrected chi connectivity index (χ0v) is 20.7. The van der Waals surface area contributed by atoms with Crippen LogP contribution in [0.3, 0.4) is 0 Å². The smallest absolute Gasteiger partial charge is 0.343 e. The van der Waals surface area contributed by atoms with Gasteiger partial charge in [0.25, 0.3) is 5.91 Å². The maximum absolute atomic E-state index is 14.4. The van der Waals surface area contributed by atoms with E-state index in [1.807, 2.05) is 44.3 Å². The molecule has 0 saturated carbocycles. The van der Waals surface area contributed by atoms with E-state index in [9.17, 15) is 22.4 Å². The molecule has 2 aromatic carbocycles. The van der Waals surface area contributed by atoms with E-state index in [1.165, 1.54) is 17.7 Å². The minimum Gasteiger partial charge on any atom is -0.343 e. The molecular weight excluding hydrogens is 488 g/mol. The van der Waals surface area contributed by atoms with Crippen molar-refractivity contribution in [3.63, 3.8) is 0 Å². The first-order valence-electron chi connectivity index (χ1n) is 11.8. The molecule has 0 spiro atoms. The maximum Gasteiger partial charge on any atom is 0.405 e. The van der Waals surface area contributed by atoms with Gasteiger partial charge in [-0.05, 0) is 65.4 Å². The summed E-state index contributed by atoms with van der Waals surface area (Å²) in [4.78, 5) is 21.1. The molecule has 1 aliphatic heterocycles. The Morgan fingerprint density at radius 2 is 1.76 bits per heavy atom. The summed E-state index contributed by atoms with van der Waals surface area (Å²) in [7, 11) is 0. The third-order valence-electron chi connectivity index (χ3n) is 5.87. The number of nitrogens with zero attached hydrogens (tertiary/aromatic N) is 2. The van der Waals surface area contributed by atoms with Crippen molar-refractivity contribution in [2.75, 3.05) is 23.7 Å². The highest BCUT2D eigenvalue weighted by Gasteiger charge is 2.29. The van der Waals surface area contributed by atoms with Gasteiger partial charge in [-0.15, -0.1) is 0 Å². The summed E-state index contributed by atoms with van der Waals surface area (Å²) in [6.07, 6.45) is -2.50. The molecule has 11 heteroatoms. The van der Waals surface area contributed by atoms with E-state index < -0.39 is 29.9 Å². The molecule has 7 nitrogen and oxygen atoms in total. The van der Waals surface area contributed by atoms with Crippen LogP contribution in [0.2, 0.25) is 0 Å². The van der Waals surface area contributed by atoms with Crippen molar-refractivity contribution in [3.05, 3.63) is 70.7 Å². The summed E-state index contributed by atoms with van der Waals surface area (Å²) in [5.41, 5.74) is 3.25. The fourth-order valence-electron chi connectivity index (χ4n) is 3.98. The number of alkyl halides is 3. The largest absolute Gasteiger partial charge is 0.405 e. The van der Waals surface area contributed by atoms with Crippen molar-refractivity contribution in [1.29, 1.82) is 0 Å². The lowest BCUT2D eigenvalue weighted by molar-refractivity contribution is -0.123. The molecule has 0 radical (unpaired) electrons. The first-order chi connectivity index (χ1) is 17.4. The van der Waals surface area contributed by atoms with Crippen molar-refractivity contribution in [3.8, 4) is 0 Å². The van der Waals surface area contributed by atoms with E-state index in [4.69, 9.17) is 0 Å². The lowest BCUT2D eigenvalue weighted by Gasteiger charge is -2.21. The van der Waals surface area contributed by atoms with Gasteiger partial charge in [-0.1, -0.05) is 26.8 Å². The van der Waals surface area contributed by atoms with Crippen LogP contribution in [0.1, 0.15) is 47.8 Å². The second-order valence-electron chi connectivity index (χ2n) is 9.86. The average Bonchev–Trinajstić information content (AvgIpc) is 2.83. The Hall–Kier alpha value is -3.73. The molecule has 0 fully saturated rings. The van der Waals surface area contributed by atoms with Crippen LogP contribution in [0.15, 0.2) is 42.6 Å². The molecule has 4 rings (SSSR count). The number of carbonyl (C=O) groups excluding carboxylic acids is 1. The summed E-state index contributed by atoms with van der Waals surface area (Å²) >= 11 is 0. The Morgan fingerprint density at radius 1 is 1.03 bits per heavy atom. The third kappa shape index (κ3) is 6.73. The minimum absolute atomic E-state index is 0.0248. The van der Waals surface area contributed by atoms with E-state index in [2.05, 4.69) is 25.9 Å². The minimum atomic E-state index is -4.58. The quantitative estimate of drug-likeness (QED) is 0.331. The van der Waals surface area contributed by atoms with E-state index >= 15 is 0 Å². The van der Waals surface area contributed by atoms with Crippen LogP contribution in [0.4, 0.5) is 40.7 Å². The number of halogens is 4. The van der Waals surface area contributed by atoms with Crippen LogP contribution in [-0.4, -0.2) is 35.1 Å². The number of fused-ring (bicyclic) bond motifs is 1. The van der Waals surface area contributed by atoms with Gasteiger partial charge in [0, 0.05) is 24.1 Å². The molecule has 0 atom stereocenters. The zero-order valence-electron chi connectivity index (χ0n) is 20.7. The molecule has 2 heterocycles. The second-order valence-corrected chi connectivity index (χ2v) is 9.86. The van der Waals surface area contributed by atoms with Gasteiger partial charge in [0.2, 0.25) is 5.95 Å². The van der Waals surface area contributed by atoms with Crippen LogP contribution < -0.4 is 21.3 Å². The van der Waals surface area contributed by atoms with Gasteiger partial charge in [0.1, 0.15) is 23.7 Å². The van der Waals surface area contributed by atoms with Gasteiger partial charge in [0.15, 0.2) is 0 Å². The highest BCUT2D eigenvalue weighted by Crippen LogP contribution is 2.30. The summed E-state index contributed by atoms with van der Waals surface area (Å²) in [6.45, 7) is 5.71. The predicted octanol–water partition coefficient (Wildman–Crippen LogP) is 5.34. The molecule has 1 aromatic heterocycles. The van der Waals surface area contributed by atoms with E-state index in [-0.39, 0.29) is 17.3 Å². The van der Waals surface area contributed by atoms with Crippen molar-refractivity contribution >= 4 is 29.0 Å². The Kier molecular flexibility index (Phi) is 7.35. The topological polar surface area (TPSA) is 91.0 Å². The molecule has 196 valence electrons. The number of nitrogens with one attached hydrogen (secondary N) is 4. The standard InChI is InChI=1S/C26H28F4N6O/c1-25(2,3)20-11-18(6-7-21(20)27)34-22-19(23(37)33-14-26(28,29)30)13-32-24(36-22)35-17-5-4-15-8-9-31-12-16(15)10-17/h4-7,10-11,13,31H,8-9,12,14H2,1-3H3,(H,33,37)(H2,32,34,35,36). The van der Waals surface area contributed by atoms with E-state index in [1.54, 1.807) is 6.07 Å². The number of amides is 1. The Bertz CT molecular complexity index is 1300. The number of anilines is 4. The Morgan fingerprint density at radius 3 is 2.49 bits per heavy atom. The van der Waals surface area contributed by atoms with E-state index in [0.717, 1.165) is 37.0 Å². The number of carbonyl (C=O) groups is 1. The molecular formula is C26H28F4N6O. The van der Waals surface area contributed by atoms with Crippen LogP contribution in [0.5, 0.6) is 0 Å². The molecule has 1 aliphatic rings. The molecule has 0 bridgehead atoms. The van der Waals surface area contributed by atoms with Gasteiger partial charge in [-0.25, -0.2) is 9.37 Å². The molecule has 37 heavy (non-hydrogen) atoms. The molecule has 1 amide bonds. The summed E-state index contributed by atoms with van der Waals surface area (Å²) in [5.74, 6) is -1.28. The number of aromatic nitrogens is 2. The van der Waals surface area contributed by atoms with Gasteiger partial charge >= 0.3 is 6.18 Å². The first-order valence-corrected chi connectivity index (χ1v) is 11.8. The van der Waals surface area contributed by atoms with Gasteiger partial charge in [-0.3, -0.25) is 4.79 Å². The normalized spacial score (nSPS) is 13.6. The van der Waals surface area contributed by atoms with Crippen molar-refractivity contribution in [1.82, 2.24) is 20.6 Å². The summed E-state index contributed by atoms with van der Waals surface area (Å²) in [6, 6.07) is 10.2. The molecule has 3 aromatic rings. The first kappa shape index (κ1) is 26.3. The number of rotatable bonds is 6. The molecule has 0 aliphatic carbocycles. The van der Waals surface area contributed by atoms with Crippen LogP contribution in [0, 0.1) is 5.82 Å². The fraction of sp³-hybridized carbons (Fsp3) is 0.346. The maximum atomic E-state index is 14.4. The Labute approximate surface area is 212 Å². The van der Waals surface area contributed by atoms with Gasteiger partial charge in [-0.2, -0.15) is 18.2 Å². The van der Waals surface area contributed by atoms with Crippen molar-refractivity contribution in [2.45, 2.75) is 45.3 Å². The molecule has 0 saturated heterocycles. The summed E-state index contributed by atoms with van der Waals surface area (Å²) in [5, 5.41) is 11.2. The van der Waals surface area contributed by atoms with Gasteiger partial charge in [0.05, 0.1) is 0 Å². The fourth-order valence-corrected chi connectivity index (χ4v) is 3.98. The molecule has 4 N–H and O–H groups in total. The predicted molar refractivity (Wildman–Crippen MR) is 134 cm³/mol. The number of hydrogen-bond donors (Lipinski definition) is 4. The van der Waals surface area contributed by atoms with Gasteiger partial charge < -0.3 is 21.3 Å². The van der Waals surface area contributed by atoms with Crippen molar-refractivity contribution in [2.24, 2.45) is 0 Å². The molecule has 0 unspecified atom stereocenters. The van der Waals surface area contributed by atoms with E-state index in [0.29, 0.717) is 11.3 Å². The number of benzene rings is 2. The average molecular weight is 517 g/mol. The monoisotopic (exact) mass is 516 g/mol. The zero-order chi connectivity index (χ0) is 26.8. The Balaban J connectivity index is 1.66. The second kappa shape index (κ2) is 10.3. The highest BCUT2D eigenvalue weighted by atomic mass is 19.4. The van der Waals surface area contributed by atoms with Crippen LogP contribution in [-0.2, 0) is 18.4 Å². The van der Waals surface area contributed by atoms with Crippen molar-refractivity contribution < 1.29 is 22.4 Å². The SMILES string of the molecule is CC(C)(C)c1cc(Nc2nc(Nc3ccc4c(c3)CNCC4)ncc2C(=O)NCC(F)(F)F)ccc1F. The van der Waals surface area contributed by atoms with Crippen LogP contribution in [0.25, 0.3) is 0 Å². The highest BCUT2D eigenvalue weighted by molar-refractivity contribution is 5.99. The van der Waals surface area contributed by atoms with Crippen LogP contribution >= 0.6 is 0 Å². The number of hydrogen-bond acceptors (Lipinski definition) is 6.